The molecule has 9 heteroatoms. The number of ether oxygens (including phenoxy) is 2. The van der Waals surface area contributed by atoms with E-state index in [-0.39, 0.29) is 18.7 Å². The molecule has 0 saturated carbocycles. The van der Waals surface area contributed by atoms with E-state index in [1.54, 1.807) is 18.2 Å². The number of amides is 1. The van der Waals surface area contributed by atoms with Crippen molar-refractivity contribution in [2.24, 2.45) is 0 Å². The van der Waals surface area contributed by atoms with E-state index in [9.17, 15) is 18.0 Å². The highest BCUT2D eigenvalue weighted by molar-refractivity contribution is 5.92. The zero-order valence-corrected chi connectivity index (χ0v) is 15.3. The highest BCUT2D eigenvalue weighted by Crippen LogP contribution is 2.33. The van der Waals surface area contributed by atoms with Crippen LogP contribution in [0.2, 0.25) is 0 Å². The van der Waals surface area contributed by atoms with Crippen LogP contribution in [0.1, 0.15) is 17.5 Å². The highest BCUT2D eigenvalue weighted by atomic mass is 19.4. The molecule has 1 N–H and O–H groups in total. The summed E-state index contributed by atoms with van der Waals surface area (Å²) in [4.78, 5) is 17.9. The van der Waals surface area contributed by atoms with Crippen LogP contribution in [0, 0.1) is 0 Å². The van der Waals surface area contributed by atoms with Crippen LogP contribution >= 0.6 is 0 Å². The summed E-state index contributed by atoms with van der Waals surface area (Å²) in [6, 6.07) is 7.67. The monoisotopic (exact) mass is 405 g/mol. The summed E-state index contributed by atoms with van der Waals surface area (Å²) in [5.41, 5.74) is 0.0327. The first-order valence-corrected chi connectivity index (χ1v) is 9.05. The van der Waals surface area contributed by atoms with Crippen molar-refractivity contribution < 1.29 is 27.4 Å². The summed E-state index contributed by atoms with van der Waals surface area (Å²) >= 11 is 0. The van der Waals surface area contributed by atoms with Crippen molar-refractivity contribution in [3.63, 3.8) is 0 Å². The highest BCUT2D eigenvalue weighted by Gasteiger charge is 2.31. The molecule has 6 nitrogen and oxygen atoms in total. The predicted octanol–water partition coefficient (Wildman–Crippen LogP) is 3.24. The molecule has 1 unspecified atom stereocenters. The van der Waals surface area contributed by atoms with Crippen LogP contribution in [0.15, 0.2) is 42.6 Å². The van der Waals surface area contributed by atoms with Crippen LogP contribution in [-0.2, 0) is 11.0 Å². The molecule has 1 aromatic carbocycles. The summed E-state index contributed by atoms with van der Waals surface area (Å²) < 4.78 is 48.5. The fourth-order valence-corrected chi connectivity index (χ4v) is 3.26. The van der Waals surface area contributed by atoms with Gasteiger partial charge in [-0.15, -0.1) is 0 Å². The van der Waals surface area contributed by atoms with E-state index in [1.165, 1.54) is 12.1 Å². The van der Waals surface area contributed by atoms with Crippen molar-refractivity contribution >= 4 is 17.8 Å². The van der Waals surface area contributed by atoms with Gasteiger partial charge < -0.3 is 19.7 Å². The van der Waals surface area contributed by atoms with Crippen molar-refractivity contribution in [2.45, 2.75) is 18.6 Å². The molecule has 2 aliphatic heterocycles. The van der Waals surface area contributed by atoms with E-state index in [0.29, 0.717) is 36.8 Å². The maximum absolute atomic E-state index is 12.6. The number of carbonyl (C=O) groups excluding carboxylic acids is 1. The molecule has 1 aromatic heterocycles. The minimum atomic E-state index is -4.41. The quantitative estimate of drug-likeness (QED) is 0.792. The minimum absolute atomic E-state index is 0.104. The van der Waals surface area contributed by atoms with Gasteiger partial charge in [-0.2, -0.15) is 13.2 Å². The number of benzene rings is 1. The van der Waals surface area contributed by atoms with Gasteiger partial charge in [-0.25, -0.2) is 4.98 Å². The minimum Gasteiger partial charge on any atom is -0.454 e. The molecule has 1 saturated heterocycles. The first-order chi connectivity index (χ1) is 13.9. The normalized spacial score (nSPS) is 18.4. The number of halogens is 3. The van der Waals surface area contributed by atoms with E-state index in [0.717, 1.165) is 17.8 Å². The van der Waals surface area contributed by atoms with Gasteiger partial charge in [0, 0.05) is 31.4 Å². The number of nitrogens with one attached hydrogen (secondary N) is 1. The Morgan fingerprint density at radius 3 is 2.79 bits per heavy atom. The second-order valence-electron chi connectivity index (χ2n) is 6.79. The molecular weight excluding hydrogens is 387 g/mol. The molecule has 29 heavy (non-hydrogen) atoms. The summed E-state index contributed by atoms with van der Waals surface area (Å²) in [7, 11) is 0. The van der Waals surface area contributed by atoms with Gasteiger partial charge in [0.2, 0.25) is 12.7 Å². The number of alkyl halides is 3. The van der Waals surface area contributed by atoms with Gasteiger partial charge in [0.05, 0.1) is 5.56 Å². The lowest BCUT2D eigenvalue weighted by atomic mass is 10.2. The van der Waals surface area contributed by atoms with Crippen LogP contribution in [0.4, 0.5) is 19.0 Å². The average molecular weight is 405 g/mol. The molecule has 0 radical (unpaired) electrons. The van der Waals surface area contributed by atoms with Crippen molar-refractivity contribution in [3.8, 4) is 11.5 Å². The molecule has 1 fully saturated rings. The van der Waals surface area contributed by atoms with Crippen LogP contribution in [-0.4, -0.2) is 36.8 Å². The first kappa shape index (κ1) is 19.1. The number of rotatable bonds is 4. The number of pyridine rings is 1. The third-order valence-corrected chi connectivity index (χ3v) is 4.76. The molecule has 0 bridgehead atoms. The average Bonchev–Trinajstić information content (AvgIpc) is 3.34. The molecule has 2 aromatic rings. The van der Waals surface area contributed by atoms with Gasteiger partial charge >= 0.3 is 6.18 Å². The Morgan fingerprint density at radius 2 is 2.03 bits per heavy atom. The van der Waals surface area contributed by atoms with E-state index in [1.807, 2.05) is 11.0 Å². The molecule has 152 valence electrons. The second-order valence-corrected chi connectivity index (χ2v) is 6.79. The van der Waals surface area contributed by atoms with E-state index in [4.69, 9.17) is 9.47 Å². The molecule has 0 spiro atoms. The van der Waals surface area contributed by atoms with Crippen LogP contribution < -0.4 is 19.7 Å². The van der Waals surface area contributed by atoms with Crippen molar-refractivity contribution in [2.75, 3.05) is 24.8 Å². The lowest BCUT2D eigenvalue weighted by Crippen LogP contribution is -2.36. The Labute approximate surface area is 164 Å². The molecule has 4 rings (SSSR count). The Hall–Kier alpha value is -3.23. The Kier molecular flexibility index (Phi) is 5.04. The van der Waals surface area contributed by atoms with Gasteiger partial charge in [0.1, 0.15) is 5.82 Å². The Balaban J connectivity index is 1.31. The lowest BCUT2D eigenvalue weighted by Gasteiger charge is -2.18. The first-order valence-electron chi connectivity index (χ1n) is 9.05. The van der Waals surface area contributed by atoms with Gasteiger partial charge in [-0.05, 0) is 42.3 Å². The van der Waals surface area contributed by atoms with E-state index >= 15 is 0 Å². The number of carbonyl (C=O) groups is 1. The topological polar surface area (TPSA) is 63.7 Å². The molecule has 1 atom stereocenters. The smallest absolute Gasteiger partial charge is 0.417 e. The van der Waals surface area contributed by atoms with Crippen molar-refractivity contribution in [3.05, 3.63) is 53.7 Å². The zero-order chi connectivity index (χ0) is 20.4. The van der Waals surface area contributed by atoms with Crippen LogP contribution in [0.25, 0.3) is 6.08 Å². The van der Waals surface area contributed by atoms with E-state index < -0.39 is 11.7 Å². The third kappa shape index (κ3) is 4.44. The Morgan fingerprint density at radius 1 is 1.21 bits per heavy atom. The number of nitrogens with zero attached hydrogens (tertiary/aromatic N) is 2. The summed E-state index contributed by atoms with van der Waals surface area (Å²) in [5.74, 6) is 1.54. The number of hydrogen-bond acceptors (Lipinski definition) is 5. The fraction of sp³-hybridized carbons (Fsp3) is 0.300. The number of hydrogen-bond donors (Lipinski definition) is 1. The molecule has 1 amide bonds. The number of fused-ring (bicyclic) bond motifs is 1. The zero-order valence-electron chi connectivity index (χ0n) is 15.3. The molecule has 0 aliphatic carbocycles. The Bertz CT molecular complexity index is 929. The van der Waals surface area contributed by atoms with Crippen LogP contribution in [0.5, 0.6) is 11.5 Å². The number of anilines is 1. The summed E-state index contributed by atoms with van der Waals surface area (Å²) in [6.07, 6.45) is 0.233. The third-order valence-electron chi connectivity index (χ3n) is 4.76. The van der Waals surface area contributed by atoms with Gasteiger partial charge in [0.25, 0.3) is 0 Å². The fourth-order valence-electron chi connectivity index (χ4n) is 3.26. The van der Waals surface area contributed by atoms with Gasteiger partial charge in [0.15, 0.2) is 11.5 Å². The largest absolute Gasteiger partial charge is 0.454 e. The maximum Gasteiger partial charge on any atom is 0.417 e. The maximum atomic E-state index is 12.6. The standard InChI is InChI=1S/C20H18F3N3O3/c21-20(22,23)14-3-5-18(24-10-14)26-8-7-15(11-26)25-19(27)6-2-13-1-4-16-17(9-13)29-12-28-16/h1-6,9-10,15H,7-8,11-12H2,(H,25,27)/b6-2+. The summed E-state index contributed by atoms with van der Waals surface area (Å²) in [6.45, 7) is 1.28. The summed E-state index contributed by atoms with van der Waals surface area (Å²) in [5, 5.41) is 2.91. The van der Waals surface area contributed by atoms with Crippen molar-refractivity contribution in [1.82, 2.24) is 10.3 Å². The number of aromatic nitrogens is 1. The lowest BCUT2D eigenvalue weighted by molar-refractivity contribution is -0.137. The predicted molar refractivity (Wildman–Crippen MR) is 99.6 cm³/mol. The van der Waals surface area contributed by atoms with Crippen LogP contribution in [0.3, 0.4) is 0 Å². The van der Waals surface area contributed by atoms with Crippen molar-refractivity contribution in [1.29, 1.82) is 0 Å². The van der Waals surface area contributed by atoms with E-state index in [2.05, 4.69) is 10.3 Å². The molecular formula is C20H18F3N3O3. The second kappa shape index (κ2) is 7.65. The molecule has 3 heterocycles. The van der Waals surface area contributed by atoms with Gasteiger partial charge in [-0.1, -0.05) is 6.07 Å². The molecule has 2 aliphatic rings. The SMILES string of the molecule is O=C(/C=C/c1ccc2c(c1)OCO2)NC1CCN(c2ccc(C(F)(F)F)cn2)C1. The van der Waals surface area contributed by atoms with Gasteiger partial charge in [-0.3, -0.25) is 4.79 Å².